The van der Waals surface area contributed by atoms with Gasteiger partial charge >= 0.3 is 5.97 Å². The van der Waals surface area contributed by atoms with Crippen LogP contribution in [0.3, 0.4) is 0 Å². The molecule has 1 aromatic rings. The molecule has 1 aliphatic carbocycles. The molecule has 0 aromatic heterocycles. The number of benzene rings is 1. The normalized spacial score (nSPS) is 15.7. The SMILES string of the molecule is CC(C)(C)OC(=O)C(N)CC1=CC(=O)c2c(O)cccc2C1=O. The Morgan fingerprint density at radius 3 is 2.57 bits per heavy atom. The molecule has 3 N–H and O–H groups in total. The van der Waals surface area contributed by atoms with E-state index in [9.17, 15) is 19.5 Å². The Kier molecular flexibility index (Phi) is 4.38. The topological polar surface area (TPSA) is 107 Å². The van der Waals surface area contributed by atoms with Crippen molar-refractivity contribution in [3.05, 3.63) is 41.0 Å². The second-order valence-corrected chi connectivity index (χ2v) is 6.41. The van der Waals surface area contributed by atoms with Crippen molar-refractivity contribution in [2.75, 3.05) is 0 Å². The van der Waals surface area contributed by atoms with Crippen LogP contribution in [0.15, 0.2) is 29.8 Å². The lowest BCUT2D eigenvalue weighted by Crippen LogP contribution is -2.38. The van der Waals surface area contributed by atoms with Gasteiger partial charge < -0.3 is 15.6 Å². The summed E-state index contributed by atoms with van der Waals surface area (Å²) in [5.41, 5.74) is 5.32. The van der Waals surface area contributed by atoms with Crippen LogP contribution in [0.25, 0.3) is 0 Å². The Morgan fingerprint density at radius 1 is 1.30 bits per heavy atom. The fourth-order valence-corrected chi connectivity index (χ4v) is 2.31. The summed E-state index contributed by atoms with van der Waals surface area (Å²) in [4.78, 5) is 36.4. The van der Waals surface area contributed by atoms with Gasteiger partial charge in [0.05, 0.1) is 5.56 Å². The summed E-state index contributed by atoms with van der Waals surface area (Å²) in [6, 6.07) is 3.24. The zero-order chi connectivity index (χ0) is 17.4. The second-order valence-electron chi connectivity index (χ2n) is 6.41. The van der Waals surface area contributed by atoms with Crippen LogP contribution < -0.4 is 5.73 Å². The van der Waals surface area contributed by atoms with E-state index >= 15 is 0 Å². The van der Waals surface area contributed by atoms with Crippen LogP contribution in [0, 0.1) is 0 Å². The fourth-order valence-electron chi connectivity index (χ4n) is 2.31. The molecule has 0 saturated heterocycles. The summed E-state index contributed by atoms with van der Waals surface area (Å²) in [6.45, 7) is 5.14. The molecule has 0 radical (unpaired) electrons. The van der Waals surface area contributed by atoms with Gasteiger partial charge in [-0.3, -0.25) is 14.4 Å². The Morgan fingerprint density at radius 2 is 1.96 bits per heavy atom. The molecular formula is C17H19NO5. The molecule has 0 fully saturated rings. The molecule has 0 aliphatic heterocycles. The monoisotopic (exact) mass is 317 g/mol. The molecule has 23 heavy (non-hydrogen) atoms. The zero-order valence-electron chi connectivity index (χ0n) is 13.3. The average molecular weight is 317 g/mol. The number of esters is 1. The van der Waals surface area contributed by atoms with Gasteiger partial charge in [-0.05, 0) is 32.9 Å². The van der Waals surface area contributed by atoms with Crippen molar-refractivity contribution in [2.24, 2.45) is 5.73 Å². The minimum atomic E-state index is -1.05. The number of Topliss-reactive ketones (excluding diaryl/α,β-unsaturated/α-hetero) is 1. The number of ketones is 2. The third-order valence-electron chi connectivity index (χ3n) is 3.28. The van der Waals surface area contributed by atoms with E-state index < -0.39 is 29.2 Å². The van der Waals surface area contributed by atoms with Crippen LogP contribution >= 0.6 is 0 Å². The van der Waals surface area contributed by atoms with Crippen LogP contribution in [0.1, 0.15) is 47.9 Å². The molecule has 0 spiro atoms. The first kappa shape index (κ1) is 16.9. The number of hydrogen-bond acceptors (Lipinski definition) is 6. The van der Waals surface area contributed by atoms with Crippen LogP contribution in [-0.4, -0.2) is 34.3 Å². The lowest BCUT2D eigenvalue weighted by molar-refractivity contribution is -0.156. The molecule has 6 nitrogen and oxygen atoms in total. The van der Waals surface area contributed by atoms with Gasteiger partial charge in [0, 0.05) is 17.6 Å². The molecule has 0 heterocycles. The van der Waals surface area contributed by atoms with Gasteiger partial charge in [-0.1, -0.05) is 12.1 Å². The third kappa shape index (κ3) is 3.65. The van der Waals surface area contributed by atoms with E-state index in [1.54, 1.807) is 20.8 Å². The number of fused-ring (bicyclic) bond motifs is 1. The second kappa shape index (κ2) is 5.96. The number of allylic oxidation sites excluding steroid dienone is 1. The van der Waals surface area contributed by atoms with Gasteiger partial charge in [-0.15, -0.1) is 0 Å². The summed E-state index contributed by atoms with van der Waals surface area (Å²) in [7, 11) is 0. The number of carbonyl (C=O) groups excluding carboxylic acids is 3. The van der Waals surface area contributed by atoms with Gasteiger partial charge in [0.2, 0.25) is 0 Å². The predicted octanol–water partition coefficient (Wildman–Crippen LogP) is 1.76. The Bertz CT molecular complexity index is 712. The van der Waals surface area contributed by atoms with Crippen molar-refractivity contribution in [2.45, 2.75) is 38.8 Å². The van der Waals surface area contributed by atoms with E-state index in [0.717, 1.165) is 6.08 Å². The Labute approximate surface area is 133 Å². The average Bonchev–Trinajstić information content (AvgIpc) is 2.42. The molecule has 6 heteroatoms. The Balaban J connectivity index is 2.21. The quantitative estimate of drug-likeness (QED) is 0.823. The van der Waals surface area contributed by atoms with Crippen molar-refractivity contribution in [1.29, 1.82) is 0 Å². The molecule has 1 aliphatic rings. The highest BCUT2D eigenvalue weighted by Gasteiger charge is 2.31. The van der Waals surface area contributed by atoms with E-state index in [4.69, 9.17) is 10.5 Å². The number of hydrogen-bond donors (Lipinski definition) is 2. The van der Waals surface area contributed by atoms with E-state index in [0.29, 0.717) is 0 Å². The third-order valence-corrected chi connectivity index (χ3v) is 3.28. The summed E-state index contributed by atoms with van der Waals surface area (Å²) in [6.07, 6.45) is 1.02. The minimum absolute atomic E-state index is 0.0212. The molecule has 0 bridgehead atoms. The molecule has 0 saturated carbocycles. The van der Waals surface area contributed by atoms with Crippen molar-refractivity contribution in [3.8, 4) is 5.75 Å². The maximum absolute atomic E-state index is 12.4. The largest absolute Gasteiger partial charge is 0.507 e. The van der Waals surface area contributed by atoms with Crippen LogP contribution in [0.2, 0.25) is 0 Å². The van der Waals surface area contributed by atoms with Crippen LogP contribution in [0.5, 0.6) is 5.75 Å². The standard InChI is InChI=1S/C17H19NO5/c1-17(2,3)23-16(22)11(18)7-9-8-13(20)14-10(15(9)21)5-4-6-12(14)19/h4-6,8,11,19H,7,18H2,1-3H3. The summed E-state index contributed by atoms with van der Waals surface area (Å²) in [5.74, 6) is -1.79. The molecule has 1 atom stereocenters. The van der Waals surface area contributed by atoms with Crippen molar-refractivity contribution < 1.29 is 24.2 Å². The first-order valence-electron chi connectivity index (χ1n) is 7.20. The number of carbonyl (C=O) groups is 3. The van der Waals surface area contributed by atoms with Gasteiger partial charge in [-0.2, -0.15) is 0 Å². The lowest BCUT2D eigenvalue weighted by Gasteiger charge is -2.23. The highest BCUT2D eigenvalue weighted by atomic mass is 16.6. The van der Waals surface area contributed by atoms with Gasteiger partial charge in [0.25, 0.3) is 0 Å². The first-order chi connectivity index (χ1) is 10.6. The highest BCUT2D eigenvalue weighted by Crippen LogP contribution is 2.29. The first-order valence-corrected chi connectivity index (χ1v) is 7.20. The minimum Gasteiger partial charge on any atom is -0.507 e. The molecule has 1 aromatic carbocycles. The highest BCUT2D eigenvalue weighted by molar-refractivity contribution is 6.25. The van der Waals surface area contributed by atoms with Gasteiger partial charge in [0.15, 0.2) is 11.6 Å². The molecule has 2 rings (SSSR count). The zero-order valence-corrected chi connectivity index (χ0v) is 13.3. The predicted molar refractivity (Wildman–Crippen MR) is 83.3 cm³/mol. The van der Waals surface area contributed by atoms with E-state index in [-0.39, 0.29) is 28.9 Å². The lowest BCUT2D eigenvalue weighted by atomic mass is 9.86. The summed E-state index contributed by atoms with van der Waals surface area (Å²) < 4.78 is 5.16. The molecule has 122 valence electrons. The fraction of sp³-hybridized carbons (Fsp3) is 0.353. The van der Waals surface area contributed by atoms with Crippen molar-refractivity contribution >= 4 is 17.5 Å². The van der Waals surface area contributed by atoms with E-state index in [2.05, 4.69) is 0 Å². The van der Waals surface area contributed by atoms with Gasteiger partial charge in [-0.25, -0.2) is 0 Å². The van der Waals surface area contributed by atoms with E-state index in [1.807, 2.05) is 0 Å². The number of rotatable bonds is 3. The number of nitrogens with two attached hydrogens (primary N) is 1. The van der Waals surface area contributed by atoms with E-state index in [1.165, 1.54) is 18.2 Å². The summed E-state index contributed by atoms with van der Waals surface area (Å²) >= 11 is 0. The molecule has 1 unspecified atom stereocenters. The maximum Gasteiger partial charge on any atom is 0.323 e. The number of phenols is 1. The van der Waals surface area contributed by atoms with Gasteiger partial charge in [0.1, 0.15) is 17.4 Å². The maximum atomic E-state index is 12.4. The molecule has 0 amide bonds. The molecular weight excluding hydrogens is 298 g/mol. The Hall–Kier alpha value is -2.47. The van der Waals surface area contributed by atoms with Crippen molar-refractivity contribution in [3.63, 3.8) is 0 Å². The number of ether oxygens (including phenoxy) is 1. The van der Waals surface area contributed by atoms with Crippen LogP contribution in [0.4, 0.5) is 0 Å². The summed E-state index contributed by atoms with van der Waals surface area (Å²) in [5, 5.41) is 9.73. The number of phenolic OH excluding ortho intramolecular Hbond substituents is 1. The number of aromatic hydroxyl groups is 1. The van der Waals surface area contributed by atoms with Crippen LogP contribution in [-0.2, 0) is 9.53 Å². The van der Waals surface area contributed by atoms with Crippen molar-refractivity contribution in [1.82, 2.24) is 0 Å². The smallest absolute Gasteiger partial charge is 0.323 e.